The SMILES string of the molecule is COc1cc(-c2nc3c(CBr)cccc3o2)c(C)cc1-c1nc2cc(C(C)(C)C)ccc2o1.COc1cc(-c2nc3c(CO)cccc3o2)c(C)cc1-c1nc2cc(C(C)(C)C)ccc2o1.COc1cc(-c2nc3c(COS(=O)(=O)c4ccc(C)cc4)cccc3o2)c(C)cc1-c1nc2cc(C(C)(C)C)ccc2o1. The number of aliphatic hydroxyl groups excluding tert-OH is 1. The second kappa shape index (κ2) is 29.4. The first kappa shape index (κ1) is 74.6. The van der Waals surface area contributed by atoms with Crippen molar-refractivity contribution in [1.29, 1.82) is 0 Å². The molecule has 1 N–H and O–H groups in total. The lowest BCUT2D eigenvalue weighted by atomic mass is 9.87. The van der Waals surface area contributed by atoms with E-state index in [4.69, 9.17) is 69.8 Å². The number of hydrogen-bond donors (Lipinski definition) is 1. The van der Waals surface area contributed by atoms with Gasteiger partial charge in [0.15, 0.2) is 33.5 Å². The van der Waals surface area contributed by atoms with Gasteiger partial charge in [0.25, 0.3) is 10.1 Å². The minimum absolute atomic E-state index is 0.00977. The first-order chi connectivity index (χ1) is 52.0. The van der Waals surface area contributed by atoms with E-state index in [0.29, 0.717) is 96.8 Å². The molecule has 0 radical (unpaired) electrons. The molecule has 0 unspecified atom stereocenters. The number of aryl methyl sites for hydroxylation is 4. The van der Waals surface area contributed by atoms with Gasteiger partial charge in [0.1, 0.15) is 50.3 Å². The van der Waals surface area contributed by atoms with Crippen LogP contribution in [0.3, 0.4) is 0 Å². The molecule has 556 valence electrons. The van der Waals surface area contributed by atoms with Crippen molar-refractivity contribution in [1.82, 2.24) is 29.9 Å². The number of nitrogens with zero attached hydrogens (tertiary/aromatic N) is 6. The Morgan fingerprint density at radius 1 is 0.376 bits per heavy atom. The van der Waals surface area contributed by atoms with Gasteiger partial charge in [-0.25, -0.2) is 29.9 Å². The zero-order chi connectivity index (χ0) is 77.2. The van der Waals surface area contributed by atoms with Crippen LogP contribution in [0, 0.1) is 27.7 Å². The van der Waals surface area contributed by atoms with Gasteiger partial charge in [-0.15, -0.1) is 0 Å². The molecular weight excluding hydrogens is 1460 g/mol. The van der Waals surface area contributed by atoms with Crippen LogP contribution in [-0.4, -0.2) is 64.8 Å². The zero-order valence-corrected chi connectivity index (χ0v) is 66.0. The van der Waals surface area contributed by atoms with Crippen LogP contribution in [0.4, 0.5) is 0 Å². The molecule has 19 nitrogen and oxygen atoms in total. The molecule has 6 heterocycles. The number of para-hydroxylation sites is 3. The Hall–Kier alpha value is -11.2. The summed E-state index contributed by atoms with van der Waals surface area (Å²) in [5.74, 6) is 4.72. The molecule has 0 bridgehead atoms. The van der Waals surface area contributed by atoms with E-state index in [1.165, 1.54) is 28.8 Å². The first-order valence-corrected chi connectivity index (χ1v) is 38.1. The van der Waals surface area contributed by atoms with E-state index in [1.807, 2.05) is 119 Å². The summed E-state index contributed by atoms with van der Waals surface area (Å²) in [6.45, 7) is 27.2. The fraction of sp³-hybridized carbons (Fsp3) is 0.250. The molecule has 10 aromatic carbocycles. The summed E-state index contributed by atoms with van der Waals surface area (Å²) in [4.78, 5) is 28.5. The number of hydrogen-bond acceptors (Lipinski definition) is 19. The highest BCUT2D eigenvalue weighted by Crippen LogP contribution is 2.44. The molecule has 0 spiro atoms. The molecule has 6 aromatic heterocycles. The number of rotatable bonds is 15. The van der Waals surface area contributed by atoms with E-state index in [9.17, 15) is 13.5 Å². The summed E-state index contributed by atoms with van der Waals surface area (Å²) in [6, 6.07) is 53.3. The fourth-order valence-electron chi connectivity index (χ4n) is 12.9. The quantitative estimate of drug-likeness (QED) is 0.0740. The minimum Gasteiger partial charge on any atom is -0.496 e. The van der Waals surface area contributed by atoms with Crippen LogP contribution in [0.1, 0.15) is 118 Å². The molecule has 0 atom stereocenters. The third-order valence-corrected chi connectivity index (χ3v) is 21.2. The highest BCUT2D eigenvalue weighted by atomic mass is 79.9. The van der Waals surface area contributed by atoms with Crippen molar-refractivity contribution in [3.63, 3.8) is 0 Å². The van der Waals surface area contributed by atoms with Crippen LogP contribution >= 0.6 is 15.9 Å². The fourth-order valence-corrected chi connectivity index (χ4v) is 14.3. The summed E-state index contributed by atoms with van der Waals surface area (Å²) in [7, 11) is 0.911. The minimum atomic E-state index is -3.95. The molecule has 0 amide bonds. The van der Waals surface area contributed by atoms with Gasteiger partial charge in [0.05, 0.1) is 56.1 Å². The molecule has 0 aliphatic rings. The van der Waals surface area contributed by atoms with Crippen LogP contribution in [0.25, 0.3) is 135 Å². The van der Waals surface area contributed by atoms with Gasteiger partial charge in [-0.05, 0) is 186 Å². The third-order valence-electron chi connectivity index (χ3n) is 19.3. The van der Waals surface area contributed by atoms with Crippen molar-refractivity contribution in [2.45, 2.75) is 130 Å². The third kappa shape index (κ3) is 15.1. The lowest BCUT2D eigenvalue weighted by Crippen LogP contribution is -2.10. The Bertz CT molecular complexity index is 6030. The number of aromatic nitrogens is 6. The smallest absolute Gasteiger partial charge is 0.297 e. The van der Waals surface area contributed by atoms with Crippen LogP contribution in [0.15, 0.2) is 201 Å². The molecule has 0 aliphatic carbocycles. The molecule has 109 heavy (non-hydrogen) atoms. The van der Waals surface area contributed by atoms with E-state index in [-0.39, 0.29) is 34.4 Å². The maximum atomic E-state index is 12.8. The van der Waals surface area contributed by atoms with Gasteiger partial charge in [0, 0.05) is 33.1 Å². The van der Waals surface area contributed by atoms with Crippen molar-refractivity contribution in [3.05, 3.63) is 225 Å². The van der Waals surface area contributed by atoms with Gasteiger partial charge in [-0.1, -0.05) is 151 Å². The Kier molecular flexibility index (Phi) is 20.1. The lowest BCUT2D eigenvalue weighted by Gasteiger charge is -2.18. The van der Waals surface area contributed by atoms with Crippen molar-refractivity contribution in [2.75, 3.05) is 21.3 Å². The molecular formula is C88H83BrN6O13S. The Morgan fingerprint density at radius 2 is 0.697 bits per heavy atom. The molecule has 16 rings (SSSR count). The Labute approximate surface area is 639 Å². The van der Waals surface area contributed by atoms with Crippen molar-refractivity contribution < 1.29 is 58.4 Å². The zero-order valence-electron chi connectivity index (χ0n) is 63.6. The van der Waals surface area contributed by atoms with Crippen LogP contribution in [0.2, 0.25) is 0 Å². The Morgan fingerprint density at radius 3 is 1.04 bits per heavy atom. The van der Waals surface area contributed by atoms with Crippen molar-refractivity contribution in [2.24, 2.45) is 0 Å². The van der Waals surface area contributed by atoms with E-state index < -0.39 is 10.1 Å². The maximum absolute atomic E-state index is 12.8. The summed E-state index contributed by atoms with van der Waals surface area (Å²) < 4.78 is 84.7. The van der Waals surface area contributed by atoms with Gasteiger partial charge in [-0.2, -0.15) is 8.42 Å². The average Bonchev–Trinajstić information content (AvgIpc) is 1.65. The Balaban J connectivity index is 0.000000138. The molecule has 0 fully saturated rings. The summed E-state index contributed by atoms with van der Waals surface area (Å²) in [5.41, 5.74) is 23.1. The first-order valence-electron chi connectivity index (χ1n) is 35.6. The second-order valence-corrected chi connectivity index (χ2v) is 32.3. The second-order valence-electron chi connectivity index (χ2n) is 30.1. The van der Waals surface area contributed by atoms with Gasteiger partial charge in [0.2, 0.25) is 35.3 Å². The number of benzene rings is 10. The van der Waals surface area contributed by atoms with E-state index in [1.54, 1.807) is 51.7 Å². The molecule has 0 saturated heterocycles. The number of methoxy groups -OCH3 is 3. The topological polar surface area (TPSA) is 247 Å². The normalized spacial score (nSPS) is 12.2. The predicted molar refractivity (Wildman–Crippen MR) is 429 cm³/mol. The highest BCUT2D eigenvalue weighted by Gasteiger charge is 2.27. The van der Waals surface area contributed by atoms with E-state index in [0.717, 1.165) is 100 Å². The van der Waals surface area contributed by atoms with Gasteiger partial charge in [-0.3, -0.25) is 4.18 Å². The number of alkyl halides is 1. The van der Waals surface area contributed by atoms with Crippen molar-refractivity contribution in [3.8, 4) is 86.0 Å². The van der Waals surface area contributed by atoms with E-state index in [2.05, 4.69) is 120 Å². The molecule has 21 heteroatoms. The lowest BCUT2D eigenvalue weighted by molar-refractivity contribution is 0.283. The number of ether oxygens (including phenoxy) is 3. The van der Waals surface area contributed by atoms with Crippen LogP contribution in [-0.2, 0) is 49.1 Å². The molecule has 0 aliphatic heterocycles. The highest BCUT2D eigenvalue weighted by molar-refractivity contribution is 9.08. The number of halogens is 1. The van der Waals surface area contributed by atoms with E-state index >= 15 is 0 Å². The summed E-state index contributed by atoms with van der Waals surface area (Å²) in [6.07, 6.45) is 0. The molecule has 16 aromatic rings. The number of fused-ring (bicyclic) bond motifs is 6. The monoisotopic (exact) mass is 1540 g/mol. The summed E-state index contributed by atoms with van der Waals surface area (Å²) >= 11 is 3.53. The van der Waals surface area contributed by atoms with Crippen molar-refractivity contribution >= 4 is 92.6 Å². The standard InChI is InChI=1S/C34H32N2O6S.C27H25BrN2O3.C27H26N2O4/c1-20-10-13-24(14-11-20)43(37,38)40-19-22-8-7-9-29-31(22)36-32(42-29)25-18-30(39-6)26(16-21(25)2)33-35-27-17-23(34(3,4)5)12-15-28(27)41-33;1-15-11-19(26-29-20-12-17(27(2,3)4)9-10-21(20)32-26)23(31-5)13-18(15)25-30-24-16(14-28)7-6-8-22(24)33-25;1-15-11-19(26-28-20-12-17(27(2,3)4)9-10-21(20)32-26)23(31-5)13-18(15)25-29-24-16(14-30)7-6-8-22(24)33-25/h7-18H,19H2,1-6H3;6-13H,14H2,1-5H3;6-13,30H,14H2,1-5H3. The van der Waals surface area contributed by atoms with Gasteiger partial charge < -0.3 is 45.8 Å². The average molecular weight is 1540 g/mol. The predicted octanol–water partition coefficient (Wildman–Crippen LogP) is 22.4. The van der Waals surface area contributed by atoms with Crippen LogP contribution in [0.5, 0.6) is 17.2 Å². The number of aliphatic hydroxyl groups is 1. The molecule has 0 saturated carbocycles. The van der Waals surface area contributed by atoms with Gasteiger partial charge >= 0.3 is 0 Å². The number of oxazole rings is 6. The van der Waals surface area contributed by atoms with Crippen LogP contribution < -0.4 is 14.2 Å². The maximum Gasteiger partial charge on any atom is 0.297 e. The summed E-state index contributed by atoms with van der Waals surface area (Å²) in [5, 5.41) is 10.3. The largest absolute Gasteiger partial charge is 0.496 e.